The van der Waals surface area contributed by atoms with E-state index in [1.54, 1.807) is 6.20 Å². The number of allylic oxidation sites excluding steroid dienone is 1. The van der Waals surface area contributed by atoms with E-state index < -0.39 is 0 Å². The summed E-state index contributed by atoms with van der Waals surface area (Å²) in [5.41, 5.74) is 5.96. The van der Waals surface area contributed by atoms with Gasteiger partial charge < -0.3 is 5.32 Å². The number of aromatic nitrogens is 1. The highest BCUT2D eigenvalue weighted by molar-refractivity contribution is 7.11. The van der Waals surface area contributed by atoms with E-state index >= 15 is 0 Å². The maximum Gasteiger partial charge on any atom is 0.136 e. The Balaban J connectivity index is 1.63. The molecule has 0 saturated heterocycles. The van der Waals surface area contributed by atoms with Crippen LogP contribution in [-0.2, 0) is 0 Å². The van der Waals surface area contributed by atoms with Gasteiger partial charge in [0.1, 0.15) is 16.6 Å². The maximum absolute atomic E-state index is 9.64. The summed E-state index contributed by atoms with van der Waals surface area (Å²) in [6, 6.07) is 22.9. The van der Waals surface area contributed by atoms with Gasteiger partial charge in [-0.1, -0.05) is 48.5 Å². The number of rotatable bonds is 4. The largest absolute Gasteiger partial charge is 0.360 e. The van der Waals surface area contributed by atoms with Gasteiger partial charge in [0, 0.05) is 28.2 Å². The topological polar surface area (TPSA) is 48.7 Å². The molecule has 4 heteroatoms. The molecule has 0 aliphatic heterocycles. The molecule has 3 aromatic carbocycles. The molecule has 4 rings (SSSR count). The second kappa shape index (κ2) is 7.67. The van der Waals surface area contributed by atoms with Crippen molar-refractivity contribution in [2.45, 2.75) is 13.8 Å². The first kappa shape index (κ1) is 18.0. The lowest BCUT2D eigenvalue weighted by atomic mass is 10.1. The number of fused-ring (bicyclic) bond motifs is 1. The number of hydrogen-bond donors (Lipinski definition) is 1. The third-order valence-corrected chi connectivity index (χ3v) is 5.69. The molecular weight excluding hydrogens is 362 g/mol. The van der Waals surface area contributed by atoms with E-state index in [1.807, 2.05) is 29.6 Å². The Morgan fingerprint density at radius 1 is 1.04 bits per heavy atom. The van der Waals surface area contributed by atoms with Crippen LogP contribution >= 0.6 is 11.3 Å². The van der Waals surface area contributed by atoms with Crippen LogP contribution in [0.25, 0.3) is 27.6 Å². The van der Waals surface area contributed by atoms with Crippen LogP contribution in [0, 0.1) is 25.2 Å². The van der Waals surface area contributed by atoms with Gasteiger partial charge in [-0.3, -0.25) is 0 Å². The van der Waals surface area contributed by atoms with Crippen molar-refractivity contribution in [1.29, 1.82) is 5.26 Å². The van der Waals surface area contributed by atoms with Gasteiger partial charge in [0.15, 0.2) is 0 Å². The lowest BCUT2D eigenvalue weighted by Crippen LogP contribution is -1.92. The molecule has 0 bridgehead atoms. The van der Waals surface area contributed by atoms with Crippen molar-refractivity contribution in [3.63, 3.8) is 0 Å². The first-order chi connectivity index (χ1) is 13.7. The Morgan fingerprint density at radius 2 is 1.86 bits per heavy atom. The summed E-state index contributed by atoms with van der Waals surface area (Å²) >= 11 is 1.48. The molecule has 28 heavy (non-hydrogen) atoms. The van der Waals surface area contributed by atoms with Crippen LogP contribution in [0.3, 0.4) is 0 Å². The molecule has 1 N–H and O–H groups in total. The van der Waals surface area contributed by atoms with Crippen molar-refractivity contribution < 1.29 is 0 Å². The lowest BCUT2D eigenvalue weighted by Gasteiger charge is -2.06. The van der Waals surface area contributed by atoms with E-state index in [1.165, 1.54) is 22.5 Å². The molecule has 0 spiro atoms. The molecular formula is C24H19N3S. The second-order valence-corrected chi connectivity index (χ2v) is 7.54. The van der Waals surface area contributed by atoms with Crippen LogP contribution in [-0.4, -0.2) is 4.98 Å². The third-order valence-electron chi connectivity index (χ3n) is 4.82. The number of anilines is 1. The van der Waals surface area contributed by atoms with Gasteiger partial charge in [0.25, 0.3) is 0 Å². The SMILES string of the molecule is Cc1ccc(-c2csc(C(C#N)=CNc3cccc4ccccc34)n2)cc1C. The van der Waals surface area contributed by atoms with Gasteiger partial charge in [-0.05, 0) is 42.5 Å². The zero-order valence-electron chi connectivity index (χ0n) is 15.7. The molecule has 0 radical (unpaired) electrons. The molecule has 0 saturated carbocycles. The second-order valence-electron chi connectivity index (χ2n) is 6.68. The van der Waals surface area contributed by atoms with E-state index in [4.69, 9.17) is 0 Å². The van der Waals surface area contributed by atoms with E-state index in [0.29, 0.717) is 10.6 Å². The summed E-state index contributed by atoms with van der Waals surface area (Å²) in [4.78, 5) is 4.68. The van der Waals surface area contributed by atoms with E-state index in [0.717, 1.165) is 27.7 Å². The summed E-state index contributed by atoms with van der Waals surface area (Å²) in [6.45, 7) is 4.20. The van der Waals surface area contributed by atoms with Crippen LogP contribution < -0.4 is 5.32 Å². The number of nitriles is 1. The van der Waals surface area contributed by atoms with Gasteiger partial charge in [-0.25, -0.2) is 4.98 Å². The Hall–Kier alpha value is -3.42. The van der Waals surface area contributed by atoms with Gasteiger partial charge in [0.2, 0.25) is 0 Å². The molecule has 0 fully saturated rings. The zero-order valence-corrected chi connectivity index (χ0v) is 16.5. The molecule has 3 nitrogen and oxygen atoms in total. The standard InChI is InChI=1S/C24H19N3S/c1-16-10-11-19(12-17(16)2)23-15-28-24(27-23)20(13-25)14-26-22-9-5-7-18-6-3-4-8-21(18)22/h3-12,14-15,26H,1-2H3. The van der Waals surface area contributed by atoms with E-state index in [-0.39, 0.29) is 0 Å². The minimum Gasteiger partial charge on any atom is -0.360 e. The third kappa shape index (κ3) is 3.53. The summed E-state index contributed by atoms with van der Waals surface area (Å²) in [5, 5.41) is 17.9. The molecule has 0 aliphatic carbocycles. The smallest absolute Gasteiger partial charge is 0.136 e. The summed E-state index contributed by atoms with van der Waals surface area (Å²) in [7, 11) is 0. The van der Waals surface area contributed by atoms with Gasteiger partial charge in [-0.15, -0.1) is 11.3 Å². The predicted octanol–water partition coefficient (Wildman–Crippen LogP) is 6.56. The summed E-state index contributed by atoms with van der Waals surface area (Å²) < 4.78 is 0. The van der Waals surface area contributed by atoms with E-state index in [9.17, 15) is 5.26 Å². The number of nitrogens with one attached hydrogen (secondary N) is 1. The minimum atomic E-state index is 0.521. The van der Waals surface area contributed by atoms with Crippen LogP contribution in [0.2, 0.25) is 0 Å². The number of thiazole rings is 1. The monoisotopic (exact) mass is 381 g/mol. The molecule has 136 valence electrons. The fraction of sp³-hybridized carbons (Fsp3) is 0.0833. The predicted molar refractivity (Wildman–Crippen MR) is 118 cm³/mol. The van der Waals surface area contributed by atoms with Gasteiger partial charge in [0.05, 0.1) is 5.69 Å². The van der Waals surface area contributed by atoms with E-state index in [2.05, 4.69) is 66.6 Å². The van der Waals surface area contributed by atoms with Crippen molar-refractivity contribution in [3.8, 4) is 17.3 Å². The Kier molecular flexibility index (Phi) is 4.92. The van der Waals surface area contributed by atoms with Crippen LogP contribution in [0.4, 0.5) is 5.69 Å². The van der Waals surface area contributed by atoms with Gasteiger partial charge >= 0.3 is 0 Å². The lowest BCUT2D eigenvalue weighted by molar-refractivity contribution is 1.31. The Morgan fingerprint density at radius 3 is 2.68 bits per heavy atom. The number of aryl methyl sites for hydroxylation is 2. The highest BCUT2D eigenvalue weighted by Crippen LogP contribution is 2.28. The van der Waals surface area contributed by atoms with Crippen molar-refractivity contribution in [1.82, 2.24) is 4.98 Å². The fourth-order valence-corrected chi connectivity index (χ4v) is 3.87. The average Bonchev–Trinajstić information content (AvgIpc) is 3.21. The normalized spacial score (nSPS) is 11.4. The zero-order chi connectivity index (χ0) is 19.5. The van der Waals surface area contributed by atoms with Crippen molar-refractivity contribution in [2.75, 3.05) is 5.32 Å². The first-order valence-electron chi connectivity index (χ1n) is 9.04. The molecule has 0 atom stereocenters. The highest BCUT2D eigenvalue weighted by Gasteiger charge is 2.10. The quantitative estimate of drug-likeness (QED) is 0.407. The average molecular weight is 382 g/mol. The Labute approximate surface area is 168 Å². The van der Waals surface area contributed by atoms with Crippen LogP contribution in [0.1, 0.15) is 16.1 Å². The molecule has 1 heterocycles. The molecule has 0 aliphatic rings. The van der Waals surface area contributed by atoms with Crippen molar-refractivity contribution in [2.24, 2.45) is 0 Å². The Bertz CT molecular complexity index is 1220. The molecule has 4 aromatic rings. The van der Waals surface area contributed by atoms with Crippen molar-refractivity contribution in [3.05, 3.63) is 88.4 Å². The fourth-order valence-electron chi connectivity index (χ4n) is 3.07. The van der Waals surface area contributed by atoms with Gasteiger partial charge in [-0.2, -0.15) is 5.26 Å². The summed E-state index contributed by atoms with van der Waals surface area (Å²) in [6.07, 6.45) is 1.74. The number of nitrogens with zero attached hydrogens (tertiary/aromatic N) is 2. The first-order valence-corrected chi connectivity index (χ1v) is 9.92. The number of hydrogen-bond acceptors (Lipinski definition) is 4. The number of benzene rings is 3. The molecule has 1 aromatic heterocycles. The summed E-state index contributed by atoms with van der Waals surface area (Å²) in [5.74, 6) is 0. The maximum atomic E-state index is 9.64. The van der Waals surface area contributed by atoms with Crippen LogP contribution in [0.5, 0.6) is 0 Å². The highest BCUT2D eigenvalue weighted by atomic mass is 32.1. The molecule has 0 amide bonds. The van der Waals surface area contributed by atoms with Crippen molar-refractivity contribution >= 4 is 33.4 Å². The van der Waals surface area contributed by atoms with Crippen LogP contribution in [0.15, 0.2) is 72.2 Å². The molecule has 0 unspecified atom stereocenters. The minimum absolute atomic E-state index is 0.521.